The van der Waals surface area contributed by atoms with Crippen LogP contribution in [0.4, 0.5) is 0 Å². The molecule has 0 saturated heterocycles. The summed E-state index contributed by atoms with van der Waals surface area (Å²) in [5.41, 5.74) is 0.903. The van der Waals surface area contributed by atoms with Gasteiger partial charge in [0.25, 0.3) is 0 Å². The summed E-state index contributed by atoms with van der Waals surface area (Å²) in [6.07, 6.45) is 1.91. The highest BCUT2D eigenvalue weighted by Gasteiger charge is 2.19. The third-order valence-corrected chi connectivity index (χ3v) is 6.10. The number of thioether (sulfide) groups is 1. The molecule has 25 heavy (non-hydrogen) atoms. The number of carbonyl (C=O) groups excluding carboxylic acids is 1. The van der Waals surface area contributed by atoms with Crippen LogP contribution in [0.5, 0.6) is 0 Å². The Labute approximate surface area is 154 Å². The van der Waals surface area contributed by atoms with Gasteiger partial charge in [0.05, 0.1) is 16.2 Å². The Hall–Kier alpha value is -1.79. The molecule has 0 aliphatic carbocycles. The van der Waals surface area contributed by atoms with Crippen LogP contribution in [0.15, 0.2) is 64.4 Å². The summed E-state index contributed by atoms with van der Waals surface area (Å²) >= 11 is 1.51. The predicted molar refractivity (Wildman–Crippen MR) is 102 cm³/mol. The Balaban J connectivity index is 2.04. The third-order valence-electron chi connectivity index (χ3n) is 3.86. The van der Waals surface area contributed by atoms with E-state index in [9.17, 15) is 13.2 Å². The summed E-state index contributed by atoms with van der Waals surface area (Å²) in [5.74, 6) is -0.0344. The molecular weight excluding hydrogens is 354 g/mol. The van der Waals surface area contributed by atoms with Crippen molar-refractivity contribution in [1.29, 1.82) is 0 Å². The second-order valence-corrected chi connectivity index (χ2v) is 9.31. The maximum absolute atomic E-state index is 12.5. The highest BCUT2D eigenvalue weighted by molar-refractivity contribution is 8.00. The van der Waals surface area contributed by atoms with Crippen LogP contribution in [0.1, 0.15) is 31.9 Å². The molecule has 2 rings (SSSR count). The zero-order valence-electron chi connectivity index (χ0n) is 14.6. The second-order valence-electron chi connectivity index (χ2n) is 5.88. The normalized spacial score (nSPS) is 13.9. The lowest BCUT2D eigenvalue weighted by molar-refractivity contribution is -0.121. The van der Waals surface area contributed by atoms with Crippen LogP contribution in [0.3, 0.4) is 0 Å². The van der Waals surface area contributed by atoms with Gasteiger partial charge in [0.1, 0.15) is 0 Å². The molecule has 1 N–H and O–H groups in total. The minimum atomic E-state index is -3.21. The average Bonchev–Trinajstić information content (AvgIpc) is 2.59. The lowest BCUT2D eigenvalue weighted by atomic mass is 10.0. The zero-order valence-corrected chi connectivity index (χ0v) is 16.2. The van der Waals surface area contributed by atoms with Gasteiger partial charge in [0.15, 0.2) is 9.84 Å². The van der Waals surface area contributed by atoms with Crippen molar-refractivity contribution >= 4 is 27.5 Å². The highest BCUT2D eigenvalue weighted by atomic mass is 32.2. The Morgan fingerprint density at radius 1 is 1.08 bits per heavy atom. The maximum Gasteiger partial charge on any atom is 0.233 e. The summed E-state index contributed by atoms with van der Waals surface area (Å²) in [7, 11) is -3.21. The summed E-state index contributed by atoms with van der Waals surface area (Å²) in [6, 6.07) is 16.4. The van der Waals surface area contributed by atoms with E-state index in [0.717, 1.165) is 16.9 Å². The SMILES string of the molecule is CC[C@H](NC(=O)[C@@H](C)Sc1ccccc1)c1ccc(S(C)(=O)=O)cc1. The van der Waals surface area contributed by atoms with Gasteiger partial charge in [0.2, 0.25) is 5.91 Å². The van der Waals surface area contributed by atoms with E-state index in [1.54, 1.807) is 24.3 Å². The lowest BCUT2D eigenvalue weighted by Gasteiger charge is -2.20. The van der Waals surface area contributed by atoms with E-state index in [1.165, 1.54) is 18.0 Å². The van der Waals surface area contributed by atoms with Crippen molar-refractivity contribution in [1.82, 2.24) is 5.32 Å². The van der Waals surface area contributed by atoms with Gasteiger partial charge in [-0.05, 0) is 43.2 Å². The van der Waals surface area contributed by atoms with Gasteiger partial charge in [-0.15, -0.1) is 11.8 Å². The van der Waals surface area contributed by atoms with Crippen LogP contribution in [0.25, 0.3) is 0 Å². The van der Waals surface area contributed by atoms with Crippen molar-refractivity contribution in [2.75, 3.05) is 6.26 Å². The van der Waals surface area contributed by atoms with E-state index in [-0.39, 0.29) is 22.1 Å². The van der Waals surface area contributed by atoms with Gasteiger partial charge in [-0.25, -0.2) is 8.42 Å². The van der Waals surface area contributed by atoms with E-state index in [0.29, 0.717) is 0 Å². The predicted octanol–water partition coefficient (Wildman–Crippen LogP) is 3.84. The molecule has 1 amide bonds. The topological polar surface area (TPSA) is 63.2 Å². The fourth-order valence-electron chi connectivity index (χ4n) is 2.41. The van der Waals surface area contributed by atoms with Crippen LogP contribution in [0, 0.1) is 0 Å². The van der Waals surface area contributed by atoms with Crippen molar-refractivity contribution in [3.8, 4) is 0 Å². The first-order chi connectivity index (χ1) is 11.8. The molecule has 4 nitrogen and oxygen atoms in total. The molecule has 134 valence electrons. The number of nitrogens with one attached hydrogen (secondary N) is 1. The summed E-state index contributed by atoms with van der Waals surface area (Å²) < 4.78 is 23.1. The van der Waals surface area contributed by atoms with Gasteiger partial charge in [0, 0.05) is 11.2 Å². The molecule has 0 saturated carbocycles. The van der Waals surface area contributed by atoms with Gasteiger partial charge in [-0.2, -0.15) is 0 Å². The van der Waals surface area contributed by atoms with Gasteiger partial charge >= 0.3 is 0 Å². The molecule has 0 bridgehead atoms. The third kappa shape index (κ3) is 5.61. The molecule has 6 heteroatoms. The van der Waals surface area contributed by atoms with Crippen LogP contribution in [-0.4, -0.2) is 25.8 Å². The summed E-state index contributed by atoms with van der Waals surface area (Å²) in [4.78, 5) is 13.8. The fraction of sp³-hybridized carbons (Fsp3) is 0.316. The quantitative estimate of drug-likeness (QED) is 0.745. The number of rotatable bonds is 7. The molecule has 2 atom stereocenters. The first kappa shape index (κ1) is 19.5. The first-order valence-electron chi connectivity index (χ1n) is 8.13. The molecule has 0 aliphatic rings. The van der Waals surface area contributed by atoms with Gasteiger partial charge in [-0.3, -0.25) is 4.79 Å². The van der Waals surface area contributed by atoms with Crippen LogP contribution in [0.2, 0.25) is 0 Å². The Kier molecular flexibility index (Phi) is 6.67. The van der Waals surface area contributed by atoms with Gasteiger partial charge in [-0.1, -0.05) is 37.3 Å². The minimum absolute atomic E-state index is 0.0344. The molecule has 2 aromatic carbocycles. The lowest BCUT2D eigenvalue weighted by Crippen LogP contribution is -2.34. The van der Waals surface area contributed by atoms with Crippen molar-refractivity contribution < 1.29 is 13.2 Å². The maximum atomic E-state index is 12.5. The highest BCUT2D eigenvalue weighted by Crippen LogP contribution is 2.24. The van der Waals surface area contributed by atoms with Crippen LogP contribution >= 0.6 is 11.8 Å². The summed E-state index contributed by atoms with van der Waals surface area (Å²) in [5, 5.41) is 2.84. The van der Waals surface area contributed by atoms with Crippen molar-refractivity contribution in [2.45, 2.75) is 41.4 Å². The average molecular weight is 378 g/mol. The van der Waals surface area contributed by atoms with Crippen molar-refractivity contribution in [2.24, 2.45) is 0 Å². The molecule has 0 unspecified atom stereocenters. The Morgan fingerprint density at radius 3 is 2.20 bits per heavy atom. The number of sulfone groups is 1. The number of amides is 1. The number of benzene rings is 2. The first-order valence-corrected chi connectivity index (χ1v) is 10.9. The molecule has 0 aromatic heterocycles. The van der Waals surface area contributed by atoms with Crippen molar-refractivity contribution in [3.63, 3.8) is 0 Å². The largest absolute Gasteiger partial charge is 0.348 e. The monoisotopic (exact) mass is 377 g/mol. The number of carbonyl (C=O) groups is 1. The smallest absolute Gasteiger partial charge is 0.233 e. The summed E-state index contributed by atoms with van der Waals surface area (Å²) in [6.45, 7) is 3.87. The number of hydrogen-bond donors (Lipinski definition) is 1. The van der Waals surface area contributed by atoms with E-state index in [4.69, 9.17) is 0 Å². The van der Waals surface area contributed by atoms with Crippen LogP contribution < -0.4 is 5.32 Å². The minimum Gasteiger partial charge on any atom is -0.348 e. The van der Waals surface area contributed by atoms with Crippen molar-refractivity contribution in [3.05, 3.63) is 60.2 Å². The molecule has 0 spiro atoms. The van der Waals surface area contributed by atoms with E-state index in [1.807, 2.05) is 44.2 Å². The standard InChI is InChI=1S/C19H23NO3S2/c1-4-18(15-10-12-17(13-11-15)25(3,22)23)20-19(21)14(2)24-16-8-6-5-7-9-16/h5-14,18H,4H2,1-3H3,(H,20,21)/t14-,18+/m1/s1. The molecule has 0 fully saturated rings. The number of hydrogen-bond acceptors (Lipinski definition) is 4. The molecule has 0 heterocycles. The molecule has 0 radical (unpaired) electrons. The zero-order chi connectivity index (χ0) is 18.4. The van der Waals surface area contributed by atoms with E-state index in [2.05, 4.69) is 5.32 Å². The molecular formula is C19H23NO3S2. The molecule has 2 aromatic rings. The Bertz CT molecular complexity index is 802. The van der Waals surface area contributed by atoms with Gasteiger partial charge < -0.3 is 5.32 Å². The Morgan fingerprint density at radius 2 is 1.68 bits per heavy atom. The van der Waals surface area contributed by atoms with E-state index >= 15 is 0 Å². The molecule has 0 aliphatic heterocycles. The van der Waals surface area contributed by atoms with E-state index < -0.39 is 9.84 Å². The van der Waals surface area contributed by atoms with Crippen LogP contribution in [-0.2, 0) is 14.6 Å². The fourth-order valence-corrected chi connectivity index (χ4v) is 3.94. The second kappa shape index (κ2) is 8.54.